The molecule has 2 aromatic rings. The molecule has 0 aromatic heterocycles. The molecule has 2 nitrogen and oxygen atoms in total. The monoisotopic (exact) mass is 294 g/mol. The van der Waals surface area contributed by atoms with Gasteiger partial charge in [0.05, 0.1) is 18.3 Å². The minimum Gasteiger partial charge on any atom is -0.370 e. The minimum atomic E-state index is -0.259. The summed E-state index contributed by atoms with van der Waals surface area (Å²) in [5.41, 5.74) is 2.19. The van der Waals surface area contributed by atoms with E-state index in [-0.39, 0.29) is 17.3 Å². The molecule has 22 heavy (non-hydrogen) atoms. The Morgan fingerprint density at radius 2 is 1.68 bits per heavy atom. The van der Waals surface area contributed by atoms with Crippen molar-refractivity contribution in [2.75, 3.05) is 0 Å². The normalized spacial score (nSPS) is 33.2. The molecule has 0 saturated carbocycles. The number of hydrogen-bond donors (Lipinski definition) is 0. The Balaban J connectivity index is 1.59. The topological polar surface area (TPSA) is 18.5 Å². The van der Waals surface area contributed by atoms with Gasteiger partial charge in [0.25, 0.3) is 0 Å². The second-order valence-electron chi connectivity index (χ2n) is 6.80. The van der Waals surface area contributed by atoms with Crippen LogP contribution in [0.5, 0.6) is 0 Å². The van der Waals surface area contributed by atoms with E-state index in [0.717, 1.165) is 19.3 Å². The number of ether oxygens (including phenoxy) is 2. The van der Waals surface area contributed by atoms with Crippen molar-refractivity contribution in [3.8, 4) is 0 Å². The van der Waals surface area contributed by atoms with Crippen LogP contribution in [-0.2, 0) is 21.7 Å². The molecule has 2 saturated heterocycles. The van der Waals surface area contributed by atoms with Crippen molar-refractivity contribution >= 4 is 0 Å². The van der Waals surface area contributed by atoms with Gasteiger partial charge in [-0.05, 0) is 30.9 Å². The maximum atomic E-state index is 6.51. The molecule has 2 heteroatoms. The van der Waals surface area contributed by atoms with Crippen molar-refractivity contribution < 1.29 is 9.47 Å². The molecule has 2 fully saturated rings. The van der Waals surface area contributed by atoms with Gasteiger partial charge in [-0.3, -0.25) is 0 Å². The molecule has 0 radical (unpaired) electrons. The molecule has 4 rings (SSSR count). The predicted octanol–water partition coefficient (Wildman–Crippen LogP) is 4.44. The third-order valence-corrected chi connectivity index (χ3v) is 5.15. The predicted molar refractivity (Wildman–Crippen MR) is 86.5 cm³/mol. The fraction of sp³-hybridized carbons (Fsp3) is 0.400. The van der Waals surface area contributed by atoms with E-state index in [2.05, 4.69) is 61.5 Å². The Bertz CT molecular complexity index is 639. The molecule has 0 amide bonds. The van der Waals surface area contributed by atoms with Crippen LogP contribution in [-0.4, -0.2) is 11.7 Å². The largest absolute Gasteiger partial charge is 0.370 e. The highest BCUT2D eigenvalue weighted by atomic mass is 16.6. The van der Waals surface area contributed by atoms with E-state index in [1.54, 1.807) is 0 Å². The summed E-state index contributed by atoms with van der Waals surface area (Å²) in [4.78, 5) is 0. The minimum absolute atomic E-state index is 0.0306. The third kappa shape index (κ3) is 2.27. The molecule has 3 unspecified atom stereocenters. The van der Waals surface area contributed by atoms with E-state index in [9.17, 15) is 0 Å². The lowest BCUT2D eigenvalue weighted by atomic mass is 9.77. The number of hydrogen-bond acceptors (Lipinski definition) is 2. The van der Waals surface area contributed by atoms with Crippen LogP contribution in [0.1, 0.15) is 37.3 Å². The van der Waals surface area contributed by atoms with Crippen LogP contribution < -0.4 is 0 Å². The lowest BCUT2D eigenvalue weighted by Gasteiger charge is -2.33. The molecule has 3 atom stereocenters. The Kier molecular flexibility index (Phi) is 3.32. The molecular formula is C20H22O2. The molecule has 2 aliphatic rings. The number of fused-ring (bicyclic) bond motifs is 2. The highest BCUT2D eigenvalue weighted by Crippen LogP contribution is 2.57. The van der Waals surface area contributed by atoms with Crippen molar-refractivity contribution in [3.05, 3.63) is 71.8 Å². The Hall–Kier alpha value is -1.64. The molecule has 0 spiro atoms. The van der Waals surface area contributed by atoms with Gasteiger partial charge in [0.1, 0.15) is 5.60 Å². The van der Waals surface area contributed by atoms with E-state index in [0.29, 0.717) is 6.61 Å². The summed E-state index contributed by atoms with van der Waals surface area (Å²) in [6, 6.07) is 21.0. The van der Waals surface area contributed by atoms with E-state index in [4.69, 9.17) is 9.47 Å². The molecule has 2 aliphatic heterocycles. The Morgan fingerprint density at radius 3 is 2.36 bits per heavy atom. The first-order valence-electron chi connectivity index (χ1n) is 8.12. The quantitative estimate of drug-likeness (QED) is 0.830. The maximum absolute atomic E-state index is 6.51. The van der Waals surface area contributed by atoms with E-state index in [1.807, 2.05) is 6.07 Å². The number of benzene rings is 2. The summed E-state index contributed by atoms with van der Waals surface area (Å²) in [6.07, 6.45) is 3.28. The van der Waals surface area contributed by atoms with Crippen LogP contribution in [0.3, 0.4) is 0 Å². The van der Waals surface area contributed by atoms with Gasteiger partial charge in [0.2, 0.25) is 0 Å². The van der Waals surface area contributed by atoms with Gasteiger partial charge in [-0.1, -0.05) is 60.7 Å². The highest BCUT2D eigenvalue weighted by molar-refractivity contribution is 5.29. The first-order chi connectivity index (χ1) is 10.7. The van der Waals surface area contributed by atoms with Gasteiger partial charge in [0, 0.05) is 6.42 Å². The molecule has 114 valence electrons. The maximum Gasteiger partial charge on any atom is 0.120 e. The average molecular weight is 294 g/mol. The SMILES string of the molecule is CC12CCC(c3ccccc3)(O1)C(OCc1ccccc1)C2. The summed E-state index contributed by atoms with van der Waals surface area (Å²) in [6.45, 7) is 2.88. The third-order valence-electron chi connectivity index (χ3n) is 5.15. The fourth-order valence-electron chi connectivity index (χ4n) is 3.99. The molecule has 0 aliphatic carbocycles. The van der Waals surface area contributed by atoms with Gasteiger partial charge in [-0.15, -0.1) is 0 Å². The van der Waals surface area contributed by atoms with Crippen LogP contribution in [0, 0.1) is 0 Å². The van der Waals surface area contributed by atoms with Crippen LogP contribution >= 0.6 is 0 Å². The van der Waals surface area contributed by atoms with Gasteiger partial charge in [-0.25, -0.2) is 0 Å². The van der Waals surface area contributed by atoms with Gasteiger partial charge in [0.15, 0.2) is 0 Å². The van der Waals surface area contributed by atoms with Crippen molar-refractivity contribution in [3.63, 3.8) is 0 Å². The second-order valence-corrected chi connectivity index (χ2v) is 6.80. The first-order valence-corrected chi connectivity index (χ1v) is 8.12. The van der Waals surface area contributed by atoms with Gasteiger partial charge >= 0.3 is 0 Å². The summed E-state index contributed by atoms with van der Waals surface area (Å²) in [5.74, 6) is 0. The summed E-state index contributed by atoms with van der Waals surface area (Å²) in [7, 11) is 0. The van der Waals surface area contributed by atoms with Crippen molar-refractivity contribution in [2.24, 2.45) is 0 Å². The summed E-state index contributed by atoms with van der Waals surface area (Å²) >= 11 is 0. The molecule has 2 heterocycles. The second kappa shape index (κ2) is 5.22. The molecule has 2 bridgehead atoms. The van der Waals surface area contributed by atoms with Crippen molar-refractivity contribution in [1.29, 1.82) is 0 Å². The van der Waals surface area contributed by atoms with Crippen LogP contribution in [0.15, 0.2) is 60.7 Å². The van der Waals surface area contributed by atoms with E-state index in [1.165, 1.54) is 11.1 Å². The lowest BCUT2D eigenvalue weighted by Crippen LogP contribution is -2.37. The van der Waals surface area contributed by atoms with Gasteiger partial charge < -0.3 is 9.47 Å². The number of rotatable bonds is 4. The Morgan fingerprint density at radius 1 is 1.00 bits per heavy atom. The van der Waals surface area contributed by atoms with Crippen LogP contribution in [0.25, 0.3) is 0 Å². The zero-order chi connectivity index (χ0) is 15.0. The average Bonchev–Trinajstić information content (AvgIpc) is 3.07. The van der Waals surface area contributed by atoms with Crippen molar-refractivity contribution in [2.45, 2.75) is 50.1 Å². The highest BCUT2D eigenvalue weighted by Gasteiger charge is 2.60. The summed E-state index contributed by atoms with van der Waals surface area (Å²) in [5, 5.41) is 0. The zero-order valence-corrected chi connectivity index (χ0v) is 13.0. The molecule has 0 N–H and O–H groups in total. The fourth-order valence-corrected chi connectivity index (χ4v) is 3.99. The van der Waals surface area contributed by atoms with Crippen LogP contribution in [0.2, 0.25) is 0 Å². The van der Waals surface area contributed by atoms with E-state index < -0.39 is 0 Å². The summed E-state index contributed by atoms with van der Waals surface area (Å²) < 4.78 is 12.8. The zero-order valence-electron chi connectivity index (χ0n) is 13.0. The smallest absolute Gasteiger partial charge is 0.120 e. The standard InChI is InChI=1S/C20H22O2/c1-19-12-13-20(22-19,17-10-6-3-7-11-17)18(14-19)21-15-16-8-4-2-5-9-16/h2-11,18H,12-15H2,1H3. The molecule has 2 aromatic carbocycles. The first kappa shape index (κ1) is 14.0. The van der Waals surface area contributed by atoms with Crippen molar-refractivity contribution in [1.82, 2.24) is 0 Å². The molecular weight excluding hydrogens is 272 g/mol. The Labute approximate surface area is 132 Å². The van der Waals surface area contributed by atoms with E-state index >= 15 is 0 Å². The van der Waals surface area contributed by atoms with Crippen LogP contribution in [0.4, 0.5) is 0 Å². The van der Waals surface area contributed by atoms with Gasteiger partial charge in [-0.2, -0.15) is 0 Å². The lowest BCUT2D eigenvalue weighted by molar-refractivity contribution is -0.0991.